The van der Waals surface area contributed by atoms with Crippen molar-refractivity contribution in [2.75, 3.05) is 26.9 Å². The summed E-state index contributed by atoms with van der Waals surface area (Å²) < 4.78 is 21.3. The lowest BCUT2D eigenvalue weighted by atomic mass is 10.1. The van der Waals surface area contributed by atoms with Gasteiger partial charge in [-0.15, -0.1) is 0 Å². The van der Waals surface area contributed by atoms with Gasteiger partial charge in [0, 0.05) is 7.11 Å². The van der Waals surface area contributed by atoms with Crippen LogP contribution in [0.1, 0.15) is 91.8 Å². The number of nitrogens with zero attached hydrogens (tertiary/aromatic N) is 2. The molecule has 3 aromatic carbocycles. The van der Waals surface area contributed by atoms with Gasteiger partial charge in [0.1, 0.15) is 18.1 Å². The summed E-state index contributed by atoms with van der Waals surface area (Å²) in [4.78, 5) is 24.5. The first kappa shape index (κ1) is 33.5. The van der Waals surface area contributed by atoms with Gasteiger partial charge < -0.3 is 18.9 Å². The summed E-state index contributed by atoms with van der Waals surface area (Å²) in [5.41, 5.74) is 2.04. The van der Waals surface area contributed by atoms with E-state index in [2.05, 4.69) is 17.2 Å². The minimum Gasteiger partial charge on any atom is -0.494 e. The van der Waals surface area contributed by atoms with Crippen molar-refractivity contribution in [3.8, 4) is 11.5 Å². The third-order valence-electron chi connectivity index (χ3n) is 6.81. The molecule has 0 bridgehead atoms. The summed E-state index contributed by atoms with van der Waals surface area (Å²) in [7, 11) is 1.54. The van der Waals surface area contributed by atoms with Crippen LogP contribution in [0.2, 0.25) is 0 Å². The summed E-state index contributed by atoms with van der Waals surface area (Å²) in [6, 6.07) is 20.4. The molecule has 230 valence electrons. The Hall–Kier alpha value is -4.04. The Morgan fingerprint density at radius 2 is 1.05 bits per heavy atom. The average Bonchev–Trinajstić information content (AvgIpc) is 3.04. The highest BCUT2D eigenvalue weighted by Gasteiger charge is 2.10. The van der Waals surface area contributed by atoms with Crippen LogP contribution in [0.25, 0.3) is 0 Å². The number of ether oxygens (including phenoxy) is 4. The first-order valence-electron chi connectivity index (χ1n) is 15.3. The highest BCUT2D eigenvalue weighted by molar-refractivity contribution is 5.91. The SMILES string of the molecule is CCCCCCCCCCCCOc1ccc(C(=O)Oc2ccc(N=Nc3ccc(C(=O)OCCOC)cc3)cc2)cc1. The Balaban J connectivity index is 1.35. The van der Waals surface area contributed by atoms with Gasteiger partial charge in [-0.05, 0) is 79.2 Å². The van der Waals surface area contributed by atoms with E-state index in [0.717, 1.165) is 12.2 Å². The molecule has 0 aliphatic carbocycles. The van der Waals surface area contributed by atoms with Gasteiger partial charge in [0.15, 0.2) is 0 Å². The maximum atomic E-state index is 12.6. The molecule has 0 aromatic heterocycles. The van der Waals surface area contributed by atoms with Crippen LogP contribution < -0.4 is 9.47 Å². The first-order chi connectivity index (χ1) is 21.1. The van der Waals surface area contributed by atoms with E-state index in [4.69, 9.17) is 18.9 Å². The third-order valence-corrected chi connectivity index (χ3v) is 6.81. The summed E-state index contributed by atoms with van der Waals surface area (Å²) >= 11 is 0. The highest BCUT2D eigenvalue weighted by Crippen LogP contribution is 2.23. The number of carbonyl (C=O) groups excluding carboxylic acids is 2. The summed E-state index contributed by atoms with van der Waals surface area (Å²) in [6.45, 7) is 3.47. The Bertz CT molecular complexity index is 1240. The van der Waals surface area contributed by atoms with Crippen molar-refractivity contribution in [1.82, 2.24) is 0 Å². The summed E-state index contributed by atoms with van der Waals surface area (Å²) in [6.07, 6.45) is 12.9. The molecule has 43 heavy (non-hydrogen) atoms. The number of carbonyl (C=O) groups is 2. The van der Waals surface area contributed by atoms with E-state index in [0.29, 0.717) is 41.5 Å². The van der Waals surface area contributed by atoms with Gasteiger partial charge in [0.2, 0.25) is 0 Å². The maximum absolute atomic E-state index is 12.6. The third kappa shape index (κ3) is 13.2. The zero-order valence-electron chi connectivity index (χ0n) is 25.5. The van der Waals surface area contributed by atoms with Crippen LogP contribution in [0.4, 0.5) is 11.4 Å². The quantitative estimate of drug-likeness (QED) is 0.0564. The van der Waals surface area contributed by atoms with Crippen molar-refractivity contribution in [3.63, 3.8) is 0 Å². The topological polar surface area (TPSA) is 95.8 Å². The molecule has 0 aliphatic rings. The largest absolute Gasteiger partial charge is 0.494 e. The minimum absolute atomic E-state index is 0.197. The molecule has 0 saturated heterocycles. The second kappa shape index (κ2) is 20.0. The fourth-order valence-electron chi connectivity index (χ4n) is 4.29. The van der Waals surface area contributed by atoms with Gasteiger partial charge >= 0.3 is 11.9 Å². The zero-order chi connectivity index (χ0) is 30.5. The number of benzene rings is 3. The minimum atomic E-state index is -0.448. The molecule has 0 heterocycles. The standard InChI is InChI=1S/C35H44N2O6/c1-3-4-5-6-7-8-9-10-11-12-25-41-32-21-15-29(16-22-32)35(39)43-33-23-19-31(20-24-33)37-36-30-17-13-28(14-18-30)34(38)42-27-26-40-2/h13-24H,3-12,25-27H2,1-2H3. The molecule has 0 unspecified atom stereocenters. The molecular weight excluding hydrogens is 544 g/mol. The number of hydrogen-bond acceptors (Lipinski definition) is 8. The van der Waals surface area contributed by atoms with E-state index in [1.165, 1.54) is 57.8 Å². The predicted molar refractivity (Wildman–Crippen MR) is 168 cm³/mol. The first-order valence-corrected chi connectivity index (χ1v) is 15.3. The zero-order valence-corrected chi connectivity index (χ0v) is 25.5. The molecule has 0 amide bonds. The van der Waals surface area contributed by atoms with Crippen LogP contribution in [-0.2, 0) is 9.47 Å². The number of azo groups is 1. The lowest BCUT2D eigenvalue weighted by Gasteiger charge is -2.08. The molecule has 0 spiro atoms. The highest BCUT2D eigenvalue weighted by atomic mass is 16.6. The fourth-order valence-corrected chi connectivity index (χ4v) is 4.29. The van der Waals surface area contributed by atoms with E-state index in [9.17, 15) is 9.59 Å². The van der Waals surface area contributed by atoms with Crippen molar-refractivity contribution in [2.45, 2.75) is 71.1 Å². The van der Waals surface area contributed by atoms with Gasteiger partial charge in [-0.25, -0.2) is 9.59 Å². The van der Waals surface area contributed by atoms with Gasteiger partial charge in [-0.2, -0.15) is 10.2 Å². The van der Waals surface area contributed by atoms with Crippen LogP contribution in [-0.4, -0.2) is 38.9 Å². The van der Waals surface area contributed by atoms with E-state index >= 15 is 0 Å². The summed E-state index contributed by atoms with van der Waals surface area (Å²) in [5.74, 6) is 0.284. The maximum Gasteiger partial charge on any atom is 0.343 e. The molecule has 0 aliphatic heterocycles. The van der Waals surface area contributed by atoms with Gasteiger partial charge in [-0.1, -0.05) is 64.7 Å². The number of rotatable bonds is 20. The molecule has 0 saturated carbocycles. The van der Waals surface area contributed by atoms with E-state index in [-0.39, 0.29) is 6.61 Å². The van der Waals surface area contributed by atoms with Crippen molar-refractivity contribution in [1.29, 1.82) is 0 Å². The Labute approximate surface area is 255 Å². The van der Waals surface area contributed by atoms with E-state index < -0.39 is 11.9 Å². The second-order valence-corrected chi connectivity index (χ2v) is 10.3. The molecule has 8 heteroatoms. The molecule has 0 N–H and O–H groups in total. The number of esters is 2. The van der Waals surface area contributed by atoms with Crippen LogP contribution in [0.5, 0.6) is 11.5 Å². The smallest absolute Gasteiger partial charge is 0.343 e. The lowest BCUT2D eigenvalue weighted by Crippen LogP contribution is -2.09. The monoisotopic (exact) mass is 588 g/mol. The second-order valence-electron chi connectivity index (χ2n) is 10.3. The van der Waals surface area contributed by atoms with E-state index in [1.807, 2.05) is 0 Å². The Morgan fingerprint density at radius 1 is 0.558 bits per heavy atom. The Morgan fingerprint density at radius 3 is 1.63 bits per heavy atom. The molecule has 3 aromatic rings. The fraction of sp³-hybridized carbons (Fsp3) is 0.429. The molecule has 3 rings (SSSR count). The summed E-state index contributed by atoms with van der Waals surface area (Å²) in [5, 5.41) is 8.39. The molecule has 0 fully saturated rings. The number of unbranched alkanes of at least 4 members (excludes halogenated alkanes) is 9. The number of methoxy groups -OCH3 is 1. The van der Waals surface area contributed by atoms with Crippen molar-refractivity contribution in [2.24, 2.45) is 10.2 Å². The van der Waals surface area contributed by atoms with Crippen LogP contribution in [0.15, 0.2) is 83.0 Å². The van der Waals surface area contributed by atoms with Gasteiger partial charge in [-0.3, -0.25) is 0 Å². The van der Waals surface area contributed by atoms with Crippen LogP contribution >= 0.6 is 0 Å². The molecule has 0 atom stereocenters. The predicted octanol–water partition coefficient (Wildman–Crippen LogP) is 9.42. The van der Waals surface area contributed by atoms with Gasteiger partial charge in [0.25, 0.3) is 0 Å². The molecular formula is C35H44N2O6. The normalized spacial score (nSPS) is 11.0. The van der Waals surface area contributed by atoms with Crippen molar-refractivity contribution < 1.29 is 28.5 Å². The van der Waals surface area contributed by atoms with E-state index in [1.54, 1.807) is 79.9 Å². The Kier molecular flexibility index (Phi) is 15.5. The van der Waals surface area contributed by atoms with Crippen LogP contribution in [0.3, 0.4) is 0 Å². The molecule has 8 nitrogen and oxygen atoms in total. The van der Waals surface area contributed by atoms with Crippen molar-refractivity contribution in [3.05, 3.63) is 83.9 Å². The molecule has 0 radical (unpaired) electrons. The number of hydrogen-bond donors (Lipinski definition) is 0. The van der Waals surface area contributed by atoms with Crippen molar-refractivity contribution >= 4 is 23.3 Å². The van der Waals surface area contributed by atoms with Gasteiger partial charge in [0.05, 0.1) is 35.7 Å². The average molecular weight is 589 g/mol. The van der Waals surface area contributed by atoms with Crippen LogP contribution in [0, 0.1) is 0 Å². The lowest BCUT2D eigenvalue weighted by molar-refractivity contribution is 0.0388.